The lowest BCUT2D eigenvalue weighted by Gasteiger charge is -2.23. The number of aromatic nitrogens is 1. The van der Waals surface area contributed by atoms with Gasteiger partial charge in [0.1, 0.15) is 10.8 Å². The number of ether oxygens (including phenoxy) is 1. The zero-order valence-corrected chi connectivity index (χ0v) is 15.4. The Morgan fingerprint density at radius 2 is 2.23 bits per heavy atom. The summed E-state index contributed by atoms with van der Waals surface area (Å²) in [4.78, 5) is 29.6. The Kier molecular flexibility index (Phi) is 4.44. The number of carbonyl (C=O) groups is 2. The lowest BCUT2D eigenvalue weighted by atomic mass is 10.2. The van der Waals surface area contributed by atoms with Gasteiger partial charge in [0.25, 0.3) is 5.91 Å². The average molecular weight is 385 g/mol. The summed E-state index contributed by atoms with van der Waals surface area (Å²) in [5, 5.41) is 10.4. The normalized spacial score (nSPS) is 15.7. The van der Waals surface area contributed by atoms with Crippen LogP contribution in [-0.2, 0) is 16.0 Å². The Labute approximate surface area is 157 Å². The van der Waals surface area contributed by atoms with Gasteiger partial charge in [-0.05, 0) is 36.6 Å². The summed E-state index contributed by atoms with van der Waals surface area (Å²) >= 11 is 3.16. The predicted octanol–water partition coefficient (Wildman–Crippen LogP) is 3.77. The maximum atomic E-state index is 12.3. The quantitative estimate of drug-likeness (QED) is 0.716. The Morgan fingerprint density at radius 1 is 1.35 bits per heavy atom. The van der Waals surface area contributed by atoms with Crippen LogP contribution in [0.25, 0.3) is 9.88 Å². The zero-order chi connectivity index (χ0) is 18.1. The molecular weight excluding hydrogens is 370 g/mol. The van der Waals surface area contributed by atoms with Gasteiger partial charge < -0.3 is 15.4 Å². The molecule has 0 unspecified atom stereocenters. The summed E-state index contributed by atoms with van der Waals surface area (Å²) in [6.07, 6.45) is -0.330. The second-order valence-corrected chi connectivity index (χ2v) is 7.61. The van der Waals surface area contributed by atoms with Crippen LogP contribution in [0.3, 0.4) is 0 Å². The number of hydrogen-bond donors (Lipinski definition) is 2. The molecule has 0 spiro atoms. The van der Waals surface area contributed by atoms with E-state index in [-0.39, 0.29) is 18.2 Å². The number of thiazole rings is 1. The van der Waals surface area contributed by atoms with E-state index in [4.69, 9.17) is 4.74 Å². The molecule has 2 N–H and O–H groups in total. The van der Waals surface area contributed by atoms with Crippen LogP contribution in [-0.4, -0.2) is 22.9 Å². The molecular formula is C18H15N3O3S2. The fraction of sp³-hybridized carbons (Fsp3) is 0.167. The SMILES string of the molecule is C[C@H]1Oc2ccc(NC(=O)Cc3csc(-c4cccs4)n3)cc2NC1=O. The van der Waals surface area contributed by atoms with Crippen LogP contribution in [0.4, 0.5) is 11.4 Å². The Balaban J connectivity index is 1.42. The van der Waals surface area contributed by atoms with Crippen LogP contribution in [0.2, 0.25) is 0 Å². The van der Waals surface area contributed by atoms with E-state index >= 15 is 0 Å². The van der Waals surface area contributed by atoms with E-state index in [9.17, 15) is 9.59 Å². The van der Waals surface area contributed by atoms with Crippen LogP contribution in [0, 0.1) is 0 Å². The minimum Gasteiger partial charge on any atom is -0.479 e. The first-order valence-electron chi connectivity index (χ1n) is 7.98. The average Bonchev–Trinajstić information content (AvgIpc) is 3.27. The molecule has 4 rings (SSSR count). The number of nitrogens with one attached hydrogen (secondary N) is 2. The molecule has 1 aliphatic rings. The largest absolute Gasteiger partial charge is 0.479 e. The third-order valence-corrected chi connectivity index (χ3v) is 5.75. The molecule has 0 fully saturated rings. The first kappa shape index (κ1) is 16.7. The highest BCUT2D eigenvalue weighted by Crippen LogP contribution is 2.32. The van der Waals surface area contributed by atoms with Crippen molar-refractivity contribution in [3.63, 3.8) is 0 Å². The van der Waals surface area contributed by atoms with Gasteiger partial charge in [0.2, 0.25) is 5.91 Å². The topological polar surface area (TPSA) is 80.3 Å². The molecule has 3 aromatic rings. The number of amides is 2. The zero-order valence-electron chi connectivity index (χ0n) is 13.8. The van der Waals surface area contributed by atoms with E-state index in [0.29, 0.717) is 17.1 Å². The number of hydrogen-bond acceptors (Lipinski definition) is 6. The van der Waals surface area contributed by atoms with Gasteiger partial charge in [0.05, 0.1) is 22.7 Å². The van der Waals surface area contributed by atoms with Crippen molar-refractivity contribution < 1.29 is 14.3 Å². The molecule has 1 aliphatic heterocycles. The summed E-state index contributed by atoms with van der Waals surface area (Å²) < 4.78 is 5.51. The number of fused-ring (bicyclic) bond motifs is 1. The van der Waals surface area contributed by atoms with E-state index in [1.54, 1.807) is 36.5 Å². The van der Waals surface area contributed by atoms with Crippen molar-refractivity contribution >= 4 is 45.9 Å². The van der Waals surface area contributed by atoms with Crippen molar-refractivity contribution in [3.05, 3.63) is 46.8 Å². The van der Waals surface area contributed by atoms with Gasteiger partial charge in [-0.3, -0.25) is 9.59 Å². The first-order valence-corrected chi connectivity index (χ1v) is 9.74. The third-order valence-electron chi connectivity index (χ3n) is 3.82. The van der Waals surface area contributed by atoms with Crippen LogP contribution < -0.4 is 15.4 Å². The fourth-order valence-electron chi connectivity index (χ4n) is 2.56. The van der Waals surface area contributed by atoms with Gasteiger partial charge in [0, 0.05) is 11.1 Å². The molecule has 3 heterocycles. The molecule has 1 atom stereocenters. The summed E-state index contributed by atoms with van der Waals surface area (Å²) in [6, 6.07) is 9.16. The monoisotopic (exact) mass is 385 g/mol. The summed E-state index contributed by atoms with van der Waals surface area (Å²) in [5.74, 6) is 0.226. The Bertz CT molecular complexity index is 966. The highest BCUT2D eigenvalue weighted by atomic mass is 32.1. The van der Waals surface area contributed by atoms with E-state index in [0.717, 1.165) is 15.6 Å². The molecule has 26 heavy (non-hydrogen) atoms. The fourth-order valence-corrected chi connectivity index (χ4v) is 4.19. The maximum Gasteiger partial charge on any atom is 0.265 e. The van der Waals surface area contributed by atoms with E-state index in [2.05, 4.69) is 15.6 Å². The molecule has 6 nitrogen and oxygen atoms in total. The molecule has 0 aliphatic carbocycles. The number of thiophene rings is 1. The first-order chi connectivity index (χ1) is 12.6. The number of anilines is 2. The van der Waals surface area contributed by atoms with Gasteiger partial charge >= 0.3 is 0 Å². The molecule has 1 aromatic carbocycles. The molecule has 8 heteroatoms. The van der Waals surface area contributed by atoms with Crippen molar-refractivity contribution in [2.75, 3.05) is 10.6 Å². The minimum absolute atomic E-state index is 0.163. The van der Waals surface area contributed by atoms with Crippen LogP contribution in [0.15, 0.2) is 41.1 Å². The third kappa shape index (κ3) is 3.47. The van der Waals surface area contributed by atoms with Crippen LogP contribution in [0.5, 0.6) is 5.75 Å². The lowest BCUT2D eigenvalue weighted by molar-refractivity contribution is -0.122. The van der Waals surface area contributed by atoms with E-state index < -0.39 is 6.10 Å². The highest BCUT2D eigenvalue weighted by molar-refractivity contribution is 7.20. The van der Waals surface area contributed by atoms with Crippen molar-refractivity contribution in [1.29, 1.82) is 0 Å². The molecule has 0 saturated heterocycles. The van der Waals surface area contributed by atoms with Gasteiger partial charge in [0.15, 0.2) is 6.10 Å². The smallest absolute Gasteiger partial charge is 0.265 e. The summed E-state index contributed by atoms with van der Waals surface area (Å²) in [7, 11) is 0. The second-order valence-electron chi connectivity index (χ2n) is 5.81. The van der Waals surface area contributed by atoms with E-state index in [1.165, 1.54) is 11.3 Å². The molecule has 132 valence electrons. The summed E-state index contributed by atoms with van der Waals surface area (Å²) in [6.45, 7) is 1.69. The van der Waals surface area contributed by atoms with E-state index in [1.807, 2.05) is 22.9 Å². The minimum atomic E-state index is -0.523. The lowest BCUT2D eigenvalue weighted by Crippen LogP contribution is -2.34. The number of benzene rings is 1. The van der Waals surface area contributed by atoms with Gasteiger partial charge in [-0.1, -0.05) is 6.07 Å². The van der Waals surface area contributed by atoms with Crippen molar-refractivity contribution in [1.82, 2.24) is 4.98 Å². The van der Waals surface area contributed by atoms with Crippen molar-refractivity contribution in [3.8, 4) is 15.6 Å². The molecule has 0 saturated carbocycles. The number of rotatable bonds is 4. The maximum absolute atomic E-state index is 12.3. The number of nitrogens with zero attached hydrogens (tertiary/aromatic N) is 1. The predicted molar refractivity (Wildman–Crippen MR) is 103 cm³/mol. The molecule has 0 radical (unpaired) electrons. The van der Waals surface area contributed by atoms with Crippen molar-refractivity contribution in [2.45, 2.75) is 19.4 Å². The van der Waals surface area contributed by atoms with Crippen LogP contribution in [0.1, 0.15) is 12.6 Å². The second kappa shape index (κ2) is 6.89. The molecule has 2 amide bonds. The van der Waals surface area contributed by atoms with Gasteiger partial charge in [-0.15, -0.1) is 22.7 Å². The molecule has 2 aromatic heterocycles. The van der Waals surface area contributed by atoms with Gasteiger partial charge in [-0.2, -0.15) is 0 Å². The standard InChI is InChI=1S/C18H15N3O3S2/c1-10-17(23)21-13-7-11(4-5-14(13)24-10)19-16(22)8-12-9-26-18(20-12)15-3-2-6-25-15/h2-7,9-10H,8H2,1H3,(H,19,22)(H,21,23)/t10-/m1/s1. The number of carbonyl (C=O) groups excluding carboxylic acids is 2. The highest BCUT2D eigenvalue weighted by Gasteiger charge is 2.23. The van der Waals surface area contributed by atoms with Crippen LogP contribution >= 0.6 is 22.7 Å². The van der Waals surface area contributed by atoms with Crippen molar-refractivity contribution in [2.24, 2.45) is 0 Å². The Morgan fingerprint density at radius 3 is 3.04 bits per heavy atom. The molecule has 0 bridgehead atoms. The Hall–Kier alpha value is -2.71. The summed E-state index contributed by atoms with van der Waals surface area (Å²) in [5.41, 5.74) is 1.89. The van der Waals surface area contributed by atoms with Gasteiger partial charge in [-0.25, -0.2) is 4.98 Å².